The van der Waals surface area contributed by atoms with Crippen molar-refractivity contribution >= 4 is 46.8 Å². The highest BCUT2D eigenvalue weighted by Crippen LogP contribution is 2.47. The fraction of sp³-hybridized carbons (Fsp3) is 0.471. The number of benzene rings is 1. The highest BCUT2D eigenvalue weighted by Gasteiger charge is 2.53. The monoisotopic (exact) mass is 436 g/mol. The van der Waals surface area contributed by atoms with Gasteiger partial charge in [0.15, 0.2) is 6.61 Å². The van der Waals surface area contributed by atoms with Crippen molar-refractivity contribution in [1.29, 1.82) is 0 Å². The third kappa shape index (κ3) is 4.07. The molecule has 6 nitrogen and oxygen atoms in total. The lowest BCUT2D eigenvalue weighted by Crippen LogP contribution is -2.47. The van der Waals surface area contributed by atoms with Gasteiger partial charge in [-0.3, -0.25) is 9.59 Å². The number of nitrogens with one attached hydrogen (secondary N) is 1. The van der Waals surface area contributed by atoms with Crippen LogP contribution in [0.5, 0.6) is 0 Å². The van der Waals surface area contributed by atoms with Gasteiger partial charge in [-0.1, -0.05) is 11.6 Å². The predicted molar refractivity (Wildman–Crippen MR) is 96.8 cm³/mol. The fourth-order valence-electron chi connectivity index (χ4n) is 3.21. The van der Waals surface area contributed by atoms with Crippen LogP contribution in [0.3, 0.4) is 0 Å². The molecule has 0 radical (unpaired) electrons. The molecule has 2 heterocycles. The molecular weight excluding hydrogens is 421 g/mol. The maximum absolute atomic E-state index is 12.8. The van der Waals surface area contributed by atoms with Crippen molar-refractivity contribution in [3.05, 3.63) is 28.8 Å². The van der Waals surface area contributed by atoms with Crippen LogP contribution < -0.4 is 5.32 Å². The van der Waals surface area contributed by atoms with Crippen molar-refractivity contribution in [2.24, 2.45) is 0 Å². The first-order chi connectivity index (χ1) is 13.0. The Kier molecular flexibility index (Phi) is 5.55. The third-order valence-corrected chi connectivity index (χ3v) is 6.46. The van der Waals surface area contributed by atoms with Crippen LogP contribution in [0.15, 0.2) is 18.2 Å². The van der Waals surface area contributed by atoms with E-state index in [-0.39, 0.29) is 16.6 Å². The molecule has 0 aliphatic carbocycles. The Balaban J connectivity index is 1.59. The van der Waals surface area contributed by atoms with Crippen molar-refractivity contribution < 1.29 is 32.3 Å². The van der Waals surface area contributed by atoms with Crippen LogP contribution in [0, 0.1) is 0 Å². The first-order valence-corrected chi connectivity index (χ1v) is 9.67. The number of carbonyl (C=O) groups excluding carboxylic acids is 3. The number of hydrogen-bond acceptors (Lipinski definition) is 5. The Bertz CT molecular complexity index is 835. The fourth-order valence-corrected chi connectivity index (χ4v) is 4.79. The Morgan fingerprint density at radius 2 is 2.14 bits per heavy atom. The van der Waals surface area contributed by atoms with Crippen molar-refractivity contribution in [1.82, 2.24) is 4.90 Å². The number of anilines is 1. The molecule has 0 saturated carbocycles. The summed E-state index contributed by atoms with van der Waals surface area (Å²) in [7, 11) is 0. The van der Waals surface area contributed by atoms with Gasteiger partial charge in [0.05, 0.1) is 21.1 Å². The summed E-state index contributed by atoms with van der Waals surface area (Å²) in [5, 5.41) is 2.11. The smallest absolute Gasteiger partial charge is 0.416 e. The van der Waals surface area contributed by atoms with Gasteiger partial charge in [0.25, 0.3) is 5.91 Å². The molecule has 0 unspecified atom stereocenters. The van der Waals surface area contributed by atoms with E-state index in [0.717, 1.165) is 12.1 Å². The molecule has 2 aliphatic rings. The van der Waals surface area contributed by atoms with Crippen molar-refractivity contribution in [3.8, 4) is 0 Å². The molecule has 2 saturated heterocycles. The first kappa shape index (κ1) is 20.8. The molecule has 2 aliphatic heterocycles. The molecule has 2 fully saturated rings. The van der Waals surface area contributed by atoms with E-state index in [2.05, 4.69) is 5.32 Å². The molecule has 1 aromatic carbocycles. The lowest BCUT2D eigenvalue weighted by molar-refractivity contribution is -0.155. The quantitative estimate of drug-likeness (QED) is 0.733. The second-order valence-electron chi connectivity index (χ2n) is 6.61. The number of amides is 2. The molecule has 1 N–H and O–H groups in total. The van der Waals surface area contributed by atoms with Gasteiger partial charge >= 0.3 is 12.1 Å². The molecule has 0 aromatic heterocycles. The molecular formula is C17H16ClF3N2O4S. The van der Waals surface area contributed by atoms with Gasteiger partial charge in [0.1, 0.15) is 6.04 Å². The molecule has 152 valence electrons. The first-order valence-electron chi connectivity index (χ1n) is 8.30. The lowest BCUT2D eigenvalue weighted by Gasteiger charge is -2.29. The molecule has 11 heteroatoms. The van der Waals surface area contributed by atoms with Gasteiger partial charge in [-0.15, -0.1) is 11.8 Å². The minimum absolute atomic E-state index is 0.0849. The zero-order chi connectivity index (χ0) is 20.7. The normalized spacial score (nSPS) is 24.2. The molecule has 0 spiro atoms. The summed E-state index contributed by atoms with van der Waals surface area (Å²) in [6.45, 7) is 1.17. The summed E-state index contributed by atoms with van der Waals surface area (Å²) in [5.74, 6) is -1.34. The number of halogens is 4. The van der Waals surface area contributed by atoms with Crippen LogP contribution >= 0.6 is 23.4 Å². The Morgan fingerprint density at radius 3 is 2.82 bits per heavy atom. The standard InChI is InChI=1S/C17H16ClF3N2O4S/c1-16-5-4-14(25)23(16)12(8-28-16)15(26)27-7-13(24)22-11-6-9(17(19,20)21)2-3-10(11)18/h2-3,6,12H,4-5,7-8H2,1H3,(H,22,24)/t12-,16-/m0/s1. The number of ether oxygens (including phenoxy) is 1. The number of carbonyl (C=O) groups is 3. The average molecular weight is 437 g/mol. The molecule has 1 aromatic rings. The number of hydrogen-bond donors (Lipinski definition) is 1. The highest BCUT2D eigenvalue weighted by molar-refractivity contribution is 8.01. The molecule has 3 rings (SSSR count). The van der Waals surface area contributed by atoms with E-state index >= 15 is 0 Å². The zero-order valence-corrected chi connectivity index (χ0v) is 16.2. The van der Waals surface area contributed by atoms with Crippen LogP contribution in [0.4, 0.5) is 18.9 Å². The second kappa shape index (κ2) is 7.47. The summed E-state index contributed by atoms with van der Waals surface area (Å²) in [5.41, 5.74) is -1.21. The number of thioether (sulfide) groups is 1. The number of alkyl halides is 3. The van der Waals surface area contributed by atoms with Gasteiger partial charge in [-0.05, 0) is 31.5 Å². The minimum Gasteiger partial charge on any atom is -0.454 e. The lowest BCUT2D eigenvalue weighted by atomic mass is 10.2. The Hall–Kier alpha value is -1.94. The largest absolute Gasteiger partial charge is 0.454 e. The number of nitrogens with zero attached hydrogens (tertiary/aromatic N) is 1. The van der Waals surface area contributed by atoms with E-state index in [9.17, 15) is 27.6 Å². The Morgan fingerprint density at radius 1 is 1.43 bits per heavy atom. The van der Waals surface area contributed by atoms with Crippen LogP contribution in [0.25, 0.3) is 0 Å². The topological polar surface area (TPSA) is 75.7 Å². The zero-order valence-electron chi connectivity index (χ0n) is 14.6. The molecule has 0 bridgehead atoms. The van der Waals surface area contributed by atoms with Crippen molar-refractivity contribution in [3.63, 3.8) is 0 Å². The van der Waals surface area contributed by atoms with E-state index in [4.69, 9.17) is 16.3 Å². The summed E-state index contributed by atoms with van der Waals surface area (Å²) in [6, 6.07) is 1.72. The number of fused-ring (bicyclic) bond motifs is 1. The maximum Gasteiger partial charge on any atom is 0.416 e. The molecule has 2 amide bonds. The van der Waals surface area contributed by atoms with Crippen molar-refractivity contribution in [2.75, 3.05) is 17.7 Å². The van der Waals surface area contributed by atoms with Gasteiger partial charge < -0.3 is 15.0 Å². The predicted octanol–water partition coefficient (Wildman–Crippen LogP) is 3.29. The summed E-state index contributed by atoms with van der Waals surface area (Å²) in [4.78, 5) is 37.3. The second-order valence-corrected chi connectivity index (χ2v) is 8.52. The minimum atomic E-state index is -4.59. The Labute approximate surface area is 167 Å². The summed E-state index contributed by atoms with van der Waals surface area (Å²) in [6.07, 6.45) is -3.61. The van der Waals surface area contributed by atoms with Gasteiger partial charge in [0, 0.05) is 12.2 Å². The highest BCUT2D eigenvalue weighted by atomic mass is 35.5. The third-order valence-electron chi connectivity index (χ3n) is 4.63. The van der Waals surface area contributed by atoms with E-state index in [0.29, 0.717) is 24.7 Å². The van der Waals surface area contributed by atoms with Crippen molar-refractivity contribution in [2.45, 2.75) is 36.9 Å². The van der Waals surface area contributed by atoms with E-state index in [1.807, 2.05) is 6.92 Å². The van der Waals surface area contributed by atoms with Gasteiger partial charge in [-0.25, -0.2) is 4.79 Å². The van der Waals surface area contributed by atoms with Crippen LogP contribution in [0.2, 0.25) is 5.02 Å². The summed E-state index contributed by atoms with van der Waals surface area (Å²) < 4.78 is 43.3. The number of rotatable bonds is 4. The number of esters is 1. The van der Waals surface area contributed by atoms with Crippen LogP contribution in [-0.2, 0) is 25.3 Å². The van der Waals surface area contributed by atoms with Gasteiger partial charge in [0.2, 0.25) is 5.91 Å². The maximum atomic E-state index is 12.8. The van der Waals surface area contributed by atoms with E-state index in [1.54, 1.807) is 0 Å². The molecule has 28 heavy (non-hydrogen) atoms. The average Bonchev–Trinajstić information content (AvgIpc) is 3.10. The molecule has 2 atom stereocenters. The van der Waals surface area contributed by atoms with Crippen LogP contribution in [0.1, 0.15) is 25.3 Å². The SMILES string of the molecule is C[C@]12CCC(=O)N1[C@H](C(=O)OCC(=O)Nc1cc(C(F)(F)F)ccc1Cl)CS2. The summed E-state index contributed by atoms with van der Waals surface area (Å²) >= 11 is 7.29. The van der Waals surface area contributed by atoms with Gasteiger partial charge in [-0.2, -0.15) is 13.2 Å². The van der Waals surface area contributed by atoms with E-state index < -0.39 is 41.1 Å². The van der Waals surface area contributed by atoms with Crippen LogP contribution in [-0.4, -0.2) is 46.0 Å². The van der Waals surface area contributed by atoms with E-state index in [1.165, 1.54) is 16.7 Å².